The number of rotatable bonds is 5. The van der Waals surface area contributed by atoms with E-state index >= 15 is 0 Å². The van der Waals surface area contributed by atoms with Gasteiger partial charge in [-0.15, -0.1) is 24.0 Å². The Morgan fingerprint density at radius 1 is 1.16 bits per heavy atom. The first-order valence-corrected chi connectivity index (χ1v) is 8.23. The average molecular weight is 456 g/mol. The lowest BCUT2D eigenvalue weighted by Gasteiger charge is -2.16. The quantitative estimate of drug-likeness (QED) is 0.401. The van der Waals surface area contributed by atoms with Gasteiger partial charge in [0.2, 0.25) is 0 Å². The molecule has 0 atom stereocenters. The third kappa shape index (κ3) is 5.28. The first-order chi connectivity index (χ1) is 11.8. The molecular weight excluding hydrogens is 431 g/mol. The maximum Gasteiger partial charge on any atom is 0.191 e. The van der Waals surface area contributed by atoms with Gasteiger partial charge in [0, 0.05) is 39.9 Å². The standard InChI is InChI=1S/C16H24N8.HI/c1-17-16(20-11-15-21-12-22-23(15)2)19-10-13-5-6-14(18-9-13)24-7-3-4-8-24;/h5-6,9,12H,3-4,7-8,10-11H2,1-2H3,(H2,17,19,20);1H. The van der Waals surface area contributed by atoms with Crippen molar-refractivity contribution in [3.63, 3.8) is 0 Å². The Bertz CT molecular complexity index is 676. The summed E-state index contributed by atoms with van der Waals surface area (Å²) in [6.45, 7) is 3.47. The molecule has 0 aliphatic carbocycles. The van der Waals surface area contributed by atoms with E-state index in [2.05, 4.69) is 47.7 Å². The van der Waals surface area contributed by atoms with Crippen LogP contribution < -0.4 is 15.5 Å². The van der Waals surface area contributed by atoms with Gasteiger partial charge in [-0.05, 0) is 24.5 Å². The third-order valence-corrected chi connectivity index (χ3v) is 4.14. The first kappa shape index (κ1) is 19.4. The number of guanidine groups is 1. The summed E-state index contributed by atoms with van der Waals surface area (Å²) >= 11 is 0. The zero-order valence-electron chi connectivity index (χ0n) is 14.6. The van der Waals surface area contributed by atoms with E-state index in [1.54, 1.807) is 18.1 Å². The van der Waals surface area contributed by atoms with Crippen LogP contribution in [0.5, 0.6) is 0 Å². The topological polar surface area (TPSA) is 83.3 Å². The molecule has 25 heavy (non-hydrogen) atoms. The van der Waals surface area contributed by atoms with E-state index < -0.39 is 0 Å². The highest BCUT2D eigenvalue weighted by molar-refractivity contribution is 14.0. The van der Waals surface area contributed by atoms with E-state index in [0.29, 0.717) is 13.1 Å². The van der Waals surface area contributed by atoms with Crippen molar-refractivity contribution >= 4 is 35.8 Å². The molecular formula is C16H25IN8. The second-order valence-corrected chi connectivity index (χ2v) is 5.80. The minimum Gasteiger partial charge on any atom is -0.357 e. The molecule has 8 nitrogen and oxygen atoms in total. The zero-order chi connectivity index (χ0) is 16.8. The summed E-state index contributed by atoms with van der Waals surface area (Å²) in [7, 11) is 3.62. The molecule has 0 saturated carbocycles. The second kappa shape index (κ2) is 9.54. The highest BCUT2D eigenvalue weighted by Crippen LogP contribution is 2.17. The Morgan fingerprint density at radius 3 is 2.52 bits per heavy atom. The fraction of sp³-hybridized carbons (Fsp3) is 0.500. The summed E-state index contributed by atoms with van der Waals surface area (Å²) in [5.74, 6) is 2.65. The molecule has 0 amide bonds. The number of nitrogens with one attached hydrogen (secondary N) is 2. The van der Waals surface area contributed by atoms with Gasteiger partial charge in [-0.1, -0.05) is 6.07 Å². The number of aliphatic imine (C=N–C) groups is 1. The number of nitrogens with zero attached hydrogens (tertiary/aromatic N) is 6. The molecule has 0 unspecified atom stereocenters. The zero-order valence-corrected chi connectivity index (χ0v) is 17.0. The van der Waals surface area contributed by atoms with Crippen molar-refractivity contribution in [3.8, 4) is 0 Å². The Balaban J connectivity index is 0.00000225. The van der Waals surface area contributed by atoms with Crippen molar-refractivity contribution in [1.82, 2.24) is 30.4 Å². The van der Waals surface area contributed by atoms with E-state index in [9.17, 15) is 0 Å². The number of hydrogen-bond donors (Lipinski definition) is 2. The van der Waals surface area contributed by atoms with Crippen LogP contribution >= 0.6 is 24.0 Å². The summed E-state index contributed by atoms with van der Waals surface area (Å²) in [6.07, 6.45) is 5.99. The van der Waals surface area contributed by atoms with Gasteiger partial charge in [0.25, 0.3) is 0 Å². The maximum atomic E-state index is 4.57. The number of aryl methyl sites for hydroxylation is 1. The van der Waals surface area contributed by atoms with Crippen LogP contribution in [0.2, 0.25) is 0 Å². The van der Waals surface area contributed by atoms with Crippen molar-refractivity contribution in [2.75, 3.05) is 25.0 Å². The van der Waals surface area contributed by atoms with Crippen LogP contribution in [-0.4, -0.2) is 45.8 Å². The average Bonchev–Trinajstić information content (AvgIpc) is 3.28. The smallest absolute Gasteiger partial charge is 0.191 e. The number of hydrogen-bond acceptors (Lipinski definition) is 5. The Labute approximate surface area is 165 Å². The predicted molar refractivity (Wildman–Crippen MR) is 109 cm³/mol. The monoisotopic (exact) mass is 456 g/mol. The lowest BCUT2D eigenvalue weighted by molar-refractivity contribution is 0.672. The van der Waals surface area contributed by atoms with Crippen molar-refractivity contribution in [2.45, 2.75) is 25.9 Å². The molecule has 2 aromatic heterocycles. The molecule has 0 spiro atoms. The van der Waals surface area contributed by atoms with Crippen LogP contribution in [0, 0.1) is 0 Å². The van der Waals surface area contributed by atoms with Crippen LogP contribution in [0.15, 0.2) is 29.6 Å². The fourth-order valence-electron chi connectivity index (χ4n) is 2.70. The normalized spacial score (nSPS) is 14.3. The molecule has 1 aliphatic rings. The van der Waals surface area contributed by atoms with E-state index in [0.717, 1.165) is 36.3 Å². The van der Waals surface area contributed by atoms with E-state index in [1.807, 2.05) is 13.2 Å². The minimum atomic E-state index is 0. The Morgan fingerprint density at radius 2 is 1.92 bits per heavy atom. The van der Waals surface area contributed by atoms with Gasteiger partial charge in [-0.2, -0.15) is 5.10 Å². The van der Waals surface area contributed by atoms with Crippen LogP contribution in [0.1, 0.15) is 24.2 Å². The molecule has 9 heteroatoms. The number of aromatic nitrogens is 4. The summed E-state index contributed by atoms with van der Waals surface area (Å²) in [4.78, 5) is 15.3. The van der Waals surface area contributed by atoms with E-state index in [1.165, 1.54) is 12.8 Å². The van der Waals surface area contributed by atoms with Crippen LogP contribution in [-0.2, 0) is 20.1 Å². The van der Waals surface area contributed by atoms with Gasteiger partial charge < -0.3 is 15.5 Å². The summed E-state index contributed by atoms with van der Waals surface area (Å²) < 4.78 is 1.74. The van der Waals surface area contributed by atoms with Crippen LogP contribution in [0.25, 0.3) is 0 Å². The molecule has 1 saturated heterocycles. The molecule has 2 aromatic rings. The van der Waals surface area contributed by atoms with E-state index in [4.69, 9.17) is 0 Å². The third-order valence-electron chi connectivity index (χ3n) is 4.14. The SMILES string of the molecule is CN=C(NCc1ccc(N2CCCC2)nc1)NCc1ncnn1C.I. The molecule has 1 aliphatic heterocycles. The van der Waals surface area contributed by atoms with Crippen molar-refractivity contribution < 1.29 is 0 Å². The molecule has 3 rings (SSSR count). The van der Waals surface area contributed by atoms with Crippen molar-refractivity contribution in [2.24, 2.45) is 12.0 Å². The summed E-state index contributed by atoms with van der Waals surface area (Å²) in [6, 6.07) is 4.21. The molecule has 1 fully saturated rings. The maximum absolute atomic E-state index is 4.57. The van der Waals surface area contributed by atoms with Gasteiger partial charge in [0.05, 0.1) is 6.54 Å². The Kier molecular flexibility index (Phi) is 7.41. The highest BCUT2D eigenvalue weighted by Gasteiger charge is 2.13. The number of pyridine rings is 1. The number of halogens is 1. The van der Waals surface area contributed by atoms with Gasteiger partial charge in [-0.3, -0.25) is 9.67 Å². The van der Waals surface area contributed by atoms with Crippen molar-refractivity contribution in [3.05, 3.63) is 36.0 Å². The Hall–Kier alpha value is -1.91. The van der Waals surface area contributed by atoms with Gasteiger partial charge in [0.1, 0.15) is 18.0 Å². The molecule has 3 heterocycles. The number of anilines is 1. The second-order valence-electron chi connectivity index (χ2n) is 5.80. The van der Waals surface area contributed by atoms with E-state index in [-0.39, 0.29) is 24.0 Å². The van der Waals surface area contributed by atoms with Crippen LogP contribution in [0.4, 0.5) is 5.82 Å². The van der Waals surface area contributed by atoms with Crippen molar-refractivity contribution in [1.29, 1.82) is 0 Å². The van der Waals surface area contributed by atoms with Gasteiger partial charge in [-0.25, -0.2) is 9.97 Å². The van der Waals surface area contributed by atoms with Gasteiger partial charge in [0.15, 0.2) is 5.96 Å². The molecule has 0 bridgehead atoms. The molecule has 0 radical (unpaired) electrons. The minimum absolute atomic E-state index is 0. The fourth-order valence-corrected chi connectivity index (χ4v) is 2.70. The lowest BCUT2D eigenvalue weighted by atomic mass is 10.3. The molecule has 0 aromatic carbocycles. The molecule has 136 valence electrons. The molecule has 2 N–H and O–H groups in total. The summed E-state index contributed by atoms with van der Waals surface area (Å²) in [5, 5.41) is 10.6. The van der Waals surface area contributed by atoms with Gasteiger partial charge >= 0.3 is 0 Å². The highest BCUT2D eigenvalue weighted by atomic mass is 127. The lowest BCUT2D eigenvalue weighted by Crippen LogP contribution is -2.37. The predicted octanol–water partition coefficient (Wildman–Crippen LogP) is 1.29. The van der Waals surface area contributed by atoms with Crippen LogP contribution in [0.3, 0.4) is 0 Å². The largest absolute Gasteiger partial charge is 0.357 e. The first-order valence-electron chi connectivity index (χ1n) is 8.23. The summed E-state index contributed by atoms with van der Waals surface area (Å²) in [5.41, 5.74) is 1.12.